The van der Waals surface area contributed by atoms with E-state index in [1.165, 1.54) is 19.3 Å². The molecule has 0 aromatic carbocycles. The van der Waals surface area contributed by atoms with Crippen molar-refractivity contribution in [1.82, 2.24) is 0 Å². The summed E-state index contributed by atoms with van der Waals surface area (Å²) in [5.41, 5.74) is 6.97. The third kappa shape index (κ3) is 6.28. The second kappa shape index (κ2) is 8.48. The molecule has 0 aliphatic carbocycles. The fourth-order valence-electron chi connectivity index (χ4n) is 1.59. The molecule has 3 N–H and O–H groups in total. The van der Waals surface area contributed by atoms with E-state index in [4.69, 9.17) is 10.8 Å². The molecule has 0 unspecified atom stereocenters. The van der Waals surface area contributed by atoms with Gasteiger partial charge in [0.05, 0.1) is 0 Å². The van der Waals surface area contributed by atoms with Crippen LogP contribution in [-0.4, -0.2) is 17.6 Å². The van der Waals surface area contributed by atoms with Crippen LogP contribution in [-0.2, 0) is 4.79 Å². The van der Waals surface area contributed by atoms with Gasteiger partial charge in [0.1, 0.15) is 0 Å². The van der Waals surface area contributed by atoms with Gasteiger partial charge in [-0.1, -0.05) is 31.8 Å². The Morgan fingerprint density at radius 2 is 1.87 bits per heavy atom. The van der Waals surface area contributed by atoms with Gasteiger partial charge in [-0.05, 0) is 32.7 Å². The molecular weight excluding hydrogens is 190 g/mol. The van der Waals surface area contributed by atoms with E-state index in [2.05, 4.69) is 6.92 Å². The minimum absolute atomic E-state index is 0.483. The number of carboxylic acids is 1. The van der Waals surface area contributed by atoms with Gasteiger partial charge < -0.3 is 10.8 Å². The Morgan fingerprint density at radius 3 is 2.33 bits per heavy atom. The molecule has 0 bridgehead atoms. The Bertz CT molecular complexity index is 222. The number of hydrogen-bond donors (Lipinski definition) is 2. The van der Waals surface area contributed by atoms with Crippen LogP contribution < -0.4 is 5.73 Å². The highest BCUT2D eigenvalue weighted by Gasteiger charge is 2.08. The zero-order valence-corrected chi connectivity index (χ0v) is 9.88. The molecule has 0 amide bonds. The van der Waals surface area contributed by atoms with Crippen molar-refractivity contribution in [2.75, 3.05) is 6.54 Å². The van der Waals surface area contributed by atoms with Crippen molar-refractivity contribution in [2.45, 2.75) is 52.4 Å². The van der Waals surface area contributed by atoms with E-state index >= 15 is 0 Å². The van der Waals surface area contributed by atoms with Crippen LogP contribution in [0, 0.1) is 0 Å². The highest BCUT2D eigenvalue weighted by atomic mass is 16.4. The van der Waals surface area contributed by atoms with Crippen LogP contribution in [0.2, 0.25) is 0 Å². The van der Waals surface area contributed by atoms with Crippen molar-refractivity contribution in [3.8, 4) is 0 Å². The molecular formula is C12H23NO2. The van der Waals surface area contributed by atoms with Gasteiger partial charge in [-0.25, -0.2) is 4.79 Å². The maximum absolute atomic E-state index is 10.8. The van der Waals surface area contributed by atoms with Gasteiger partial charge in [-0.2, -0.15) is 0 Å². The van der Waals surface area contributed by atoms with E-state index in [0.29, 0.717) is 18.5 Å². The highest BCUT2D eigenvalue weighted by Crippen LogP contribution is 2.17. The fraction of sp³-hybridized carbons (Fsp3) is 0.750. The summed E-state index contributed by atoms with van der Waals surface area (Å²) in [4.78, 5) is 10.8. The smallest absolute Gasteiger partial charge is 0.331 e. The van der Waals surface area contributed by atoms with Gasteiger partial charge >= 0.3 is 5.97 Å². The predicted octanol–water partition coefficient (Wildman–Crippen LogP) is 2.71. The quantitative estimate of drug-likeness (QED) is 0.481. The largest absolute Gasteiger partial charge is 0.478 e. The summed E-state index contributed by atoms with van der Waals surface area (Å²) in [6.45, 7) is 4.38. The molecule has 0 fully saturated rings. The summed E-state index contributed by atoms with van der Waals surface area (Å²) in [6, 6.07) is 0. The van der Waals surface area contributed by atoms with Crippen LogP contribution in [0.3, 0.4) is 0 Å². The maximum atomic E-state index is 10.8. The number of aliphatic carboxylic acids is 1. The molecule has 0 atom stereocenters. The second-order valence-corrected chi connectivity index (χ2v) is 3.88. The first kappa shape index (κ1) is 14.2. The Balaban J connectivity index is 4.15. The van der Waals surface area contributed by atoms with Crippen LogP contribution in [0.4, 0.5) is 0 Å². The Kier molecular flexibility index (Phi) is 8.01. The normalized spacial score (nSPS) is 12.5. The summed E-state index contributed by atoms with van der Waals surface area (Å²) in [5, 5.41) is 8.88. The zero-order valence-electron chi connectivity index (χ0n) is 9.88. The van der Waals surface area contributed by atoms with E-state index in [1.807, 2.05) is 0 Å². The van der Waals surface area contributed by atoms with Crippen LogP contribution in [0.1, 0.15) is 52.4 Å². The van der Waals surface area contributed by atoms with Crippen LogP contribution >= 0.6 is 0 Å². The first-order valence-corrected chi connectivity index (χ1v) is 5.75. The lowest BCUT2D eigenvalue weighted by molar-refractivity contribution is -0.132. The predicted molar refractivity (Wildman–Crippen MR) is 62.8 cm³/mol. The molecule has 0 aromatic rings. The number of nitrogens with two attached hydrogens (primary N) is 1. The van der Waals surface area contributed by atoms with E-state index in [0.717, 1.165) is 18.4 Å². The standard InChI is InChI=1S/C12H23NO2/c1-3-4-5-6-7-11(8-9-13)10(2)12(14)15/h3-9,13H2,1-2H3,(H,14,15). The van der Waals surface area contributed by atoms with Crippen molar-refractivity contribution in [3.05, 3.63) is 11.1 Å². The molecule has 0 aliphatic rings. The fourth-order valence-corrected chi connectivity index (χ4v) is 1.59. The molecule has 88 valence electrons. The maximum Gasteiger partial charge on any atom is 0.331 e. The number of hydrogen-bond acceptors (Lipinski definition) is 2. The average molecular weight is 213 g/mol. The van der Waals surface area contributed by atoms with Crippen molar-refractivity contribution in [3.63, 3.8) is 0 Å². The number of rotatable bonds is 8. The second-order valence-electron chi connectivity index (χ2n) is 3.88. The highest BCUT2D eigenvalue weighted by molar-refractivity contribution is 5.86. The molecule has 0 radical (unpaired) electrons. The lowest BCUT2D eigenvalue weighted by Gasteiger charge is -2.08. The Morgan fingerprint density at radius 1 is 1.20 bits per heavy atom. The van der Waals surface area contributed by atoms with Crippen LogP contribution in [0.5, 0.6) is 0 Å². The molecule has 0 saturated heterocycles. The molecule has 0 aliphatic heterocycles. The van der Waals surface area contributed by atoms with Crippen molar-refractivity contribution in [1.29, 1.82) is 0 Å². The monoisotopic (exact) mass is 213 g/mol. The van der Waals surface area contributed by atoms with Crippen molar-refractivity contribution < 1.29 is 9.90 Å². The number of unbranched alkanes of at least 4 members (excludes halogenated alkanes) is 3. The molecule has 0 saturated carbocycles. The van der Waals surface area contributed by atoms with Gasteiger partial charge in [-0.15, -0.1) is 0 Å². The van der Waals surface area contributed by atoms with Gasteiger partial charge in [0.25, 0.3) is 0 Å². The molecule has 3 nitrogen and oxygen atoms in total. The SMILES string of the molecule is CCCCCCC(CCN)=C(C)C(=O)O. The molecule has 0 rings (SSSR count). The topological polar surface area (TPSA) is 63.3 Å². The van der Waals surface area contributed by atoms with E-state index in [9.17, 15) is 4.79 Å². The Labute approximate surface area is 92.4 Å². The van der Waals surface area contributed by atoms with Gasteiger partial charge in [0, 0.05) is 5.57 Å². The average Bonchev–Trinajstić information content (AvgIpc) is 2.21. The molecule has 0 aromatic heterocycles. The summed E-state index contributed by atoms with van der Waals surface area (Å²) in [5.74, 6) is -0.811. The minimum Gasteiger partial charge on any atom is -0.478 e. The molecule has 15 heavy (non-hydrogen) atoms. The number of carbonyl (C=O) groups is 1. The molecule has 0 heterocycles. The summed E-state index contributed by atoms with van der Waals surface area (Å²) in [6.07, 6.45) is 6.28. The van der Waals surface area contributed by atoms with Gasteiger partial charge in [0.15, 0.2) is 0 Å². The first-order chi connectivity index (χ1) is 7.13. The summed E-state index contributed by atoms with van der Waals surface area (Å²) >= 11 is 0. The third-order valence-corrected chi connectivity index (χ3v) is 2.63. The number of carboxylic acid groups (broad SMARTS) is 1. The lowest BCUT2D eigenvalue weighted by atomic mass is 9.99. The lowest BCUT2D eigenvalue weighted by Crippen LogP contribution is -2.06. The zero-order chi connectivity index (χ0) is 11.7. The van der Waals surface area contributed by atoms with E-state index in [1.54, 1.807) is 6.92 Å². The van der Waals surface area contributed by atoms with E-state index in [-0.39, 0.29) is 0 Å². The van der Waals surface area contributed by atoms with Gasteiger partial charge in [-0.3, -0.25) is 0 Å². The van der Waals surface area contributed by atoms with Crippen LogP contribution in [0.25, 0.3) is 0 Å². The summed E-state index contributed by atoms with van der Waals surface area (Å²) in [7, 11) is 0. The first-order valence-electron chi connectivity index (χ1n) is 5.75. The molecule has 0 spiro atoms. The van der Waals surface area contributed by atoms with Gasteiger partial charge in [0.2, 0.25) is 0 Å². The van der Waals surface area contributed by atoms with Crippen molar-refractivity contribution in [2.24, 2.45) is 5.73 Å². The minimum atomic E-state index is -0.811. The Hall–Kier alpha value is -0.830. The molecule has 3 heteroatoms. The third-order valence-electron chi connectivity index (χ3n) is 2.63. The summed E-state index contributed by atoms with van der Waals surface area (Å²) < 4.78 is 0. The van der Waals surface area contributed by atoms with Crippen molar-refractivity contribution >= 4 is 5.97 Å². The van der Waals surface area contributed by atoms with E-state index < -0.39 is 5.97 Å². The van der Waals surface area contributed by atoms with Crippen LogP contribution in [0.15, 0.2) is 11.1 Å².